The van der Waals surface area contributed by atoms with E-state index in [2.05, 4.69) is 4.90 Å². The van der Waals surface area contributed by atoms with Crippen LogP contribution in [0.4, 0.5) is 4.39 Å². The van der Waals surface area contributed by atoms with Gasteiger partial charge in [-0.15, -0.1) is 0 Å². The third-order valence-corrected chi connectivity index (χ3v) is 3.73. The molecule has 1 aliphatic rings. The lowest BCUT2D eigenvalue weighted by molar-refractivity contribution is 0.127. The van der Waals surface area contributed by atoms with E-state index in [-0.39, 0.29) is 12.4 Å². The molecule has 0 radical (unpaired) electrons. The predicted octanol–water partition coefficient (Wildman–Crippen LogP) is 2.68. The zero-order valence-electron chi connectivity index (χ0n) is 9.70. The van der Waals surface area contributed by atoms with Gasteiger partial charge in [-0.1, -0.05) is 17.7 Å². The third kappa shape index (κ3) is 3.41. The maximum atomic E-state index is 12.9. The summed E-state index contributed by atoms with van der Waals surface area (Å²) >= 11 is 6.00. The lowest BCUT2D eigenvalue weighted by Crippen LogP contribution is -2.34. The van der Waals surface area contributed by atoms with Crippen LogP contribution in [0.25, 0.3) is 0 Å². The van der Waals surface area contributed by atoms with Crippen molar-refractivity contribution in [1.29, 1.82) is 0 Å². The fraction of sp³-hybridized carbons (Fsp3) is 0.538. The molecule has 2 nitrogen and oxygen atoms in total. The second-order valence-electron chi connectivity index (χ2n) is 4.64. The number of aliphatic hydroxyl groups excluding tert-OH is 1. The van der Waals surface area contributed by atoms with Crippen LogP contribution in [0.3, 0.4) is 0 Å². The van der Waals surface area contributed by atoms with Crippen molar-refractivity contribution in [1.82, 2.24) is 4.90 Å². The molecule has 4 heteroatoms. The highest BCUT2D eigenvalue weighted by Gasteiger charge is 2.19. The van der Waals surface area contributed by atoms with Gasteiger partial charge < -0.3 is 5.11 Å². The number of piperidine rings is 1. The fourth-order valence-corrected chi connectivity index (χ4v) is 2.44. The molecule has 1 aromatic carbocycles. The van der Waals surface area contributed by atoms with Gasteiger partial charge in [0.1, 0.15) is 5.82 Å². The maximum absolute atomic E-state index is 12.9. The topological polar surface area (TPSA) is 23.5 Å². The van der Waals surface area contributed by atoms with E-state index in [4.69, 9.17) is 16.7 Å². The molecule has 0 amide bonds. The number of hydrogen-bond acceptors (Lipinski definition) is 2. The Morgan fingerprint density at radius 1 is 1.35 bits per heavy atom. The summed E-state index contributed by atoms with van der Waals surface area (Å²) in [6.07, 6.45) is 2.05. The quantitative estimate of drug-likeness (QED) is 0.900. The van der Waals surface area contributed by atoms with Crippen molar-refractivity contribution in [3.05, 3.63) is 34.6 Å². The van der Waals surface area contributed by atoms with Crippen LogP contribution >= 0.6 is 11.6 Å². The predicted molar refractivity (Wildman–Crippen MR) is 66.5 cm³/mol. The lowest BCUT2D eigenvalue weighted by Gasteiger charge is -2.31. The highest BCUT2D eigenvalue weighted by atomic mass is 35.5. The largest absolute Gasteiger partial charge is 0.396 e. The molecular formula is C13H17ClFNO. The van der Waals surface area contributed by atoms with Crippen LogP contribution in [0.15, 0.2) is 18.2 Å². The van der Waals surface area contributed by atoms with Crippen LogP contribution < -0.4 is 0 Å². The summed E-state index contributed by atoms with van der Waals surface area (Å²) < 4.78 is 12.9. The second kappa shape index (κ2) is 5.80. The summed E-state index contributed by atoms with van der Waals surface area (Å²) in [5, 5.41) is 9.56. The van der Waals surface area contributed by atoms with Crippen LogP contribution in [0.1, 0.15) is 18.4 Å². The summed E-state index contributed by atoms with van der Waals surface area (Å²) in [6.45, 7) is 2.99. The number of halogens is 2. The number of rotatable bonds is 3. The Labute approximate surface area is 106 Å². The molecule has 17 heavy (non-hydrogen) atoms. The smallest absolute Gasteiger partial charge is 0.124 e. The van der Waals surface area contributed by atoms with Crippen molar-refractivity contribution in [2.75, 3.05) is 19.7 Å². The van der Waals surface area contributed by atoms with Crippen LogP contribution in [0.2, 0.25) is 5.02 Å². The minimum Gasteiger partial charge on any atom is -0.396 e. The standard InChI is InChI=1S/C13H17ClFNO/c14-13-7-12(15)2-1-11(13)8-16-5-3-10(9-17)4-6-16/h1-2,7,10,17H,3-6,8-9H2. The molecule has 2 rings (SSSR count). The van der Waals surface area contributed by atoms with Crippen molar-refractivity contribution in [2.45, 2.75) is 19.4 Å². The van der Waals surface area contributed by atoms with Crippen molar-refractivity contribution in [2.24, 2.45) is 5.92 Å². The first-order valence-electron chi connectivity index (χ1n) is 5.96. The summed E-state index contributed by atoms with van der Waals surface area (Å²) in [5.41, 5.74) is 0.968. The number of benzene rings is 1. The molecule has 94 valence electrons. The SMILES string of the molecule is OCC1CCN(Cc2ccc(F)cc2Cl)CC1. The molecule has 1 aliphatic heterocycles. The average Bonchev–Trinajstić information content (AvgIpc) is 2.34. The molecule has 1 aromatic rings. The molecule has 1 fully saturated rings. The molecular weight excluding hydrogens is 241 g/mol. The summed E-state index contributed by atoms with van der Waals surface area (Å²) in [6, 6.07) is 4.55. The van der Waals surface area contributed by atoms with Gasteiger partial charge in [-0.25, -0.2) is 4.39 Å². The summed E-state index contributed by atoms with van der Waals surface area (Å²) in [7, 11) is 0. The molecule has 0 unspecified atom stereocenters. The van der Waals surface area contributed by atoms with Gasteiger partial charge in [0.25, 0.3) is 0 Å². The van der Waals surface area contributed by atoms with Gasteiger partial charge in [-0.05, 0) is 49.5 Å². The first-order chi connectivity index (χ1) is 8.19. The minimum atomic E-state index is -0.294. The Hall–Kier alpha value is -0.640. The first kappa shape index (κ1) is 12.8. The molecule has 1 N–H and O–H groups in total. The highest BCUT2D eigenvalue weighted by Crippen LogP contribution is 2.22. The Kier molecular flexibility index (Phi) is 4.37. The maximum Gasteiger partial charge on any atom is 0.124 e. The minimum absolute atomic E-state index is 0.283. The lowest BCUT2D eigenvalue weighted by atomic mass is 9.97. The summed E-state index contributed by atoms with van der Waals surface area (Å²) in [5.74, 6) is 0.146. The van der Waals surface area contributed by atoms with Gasteiger partial charge in [-0.2, -0.15) is 0 Å². The third-order valence-electron chi connectivity index (χ3n) is 3.37. The molecule has 0 saturated carbocycles. The van der Waals surface area contributed by atoms with E-state index in [1.54, 1.807) is 6.07 Å². The van der Waals surface area contributed by atoms with E-state index in [0.717, 1.165) is 38.0 Å². The molecule has 0 bridgehead atoms. The van der Waals surface area contributed by atoms with Crippen LogP contribution in [0.5, 0.6) is 0 Å². The van der Waals surface area contributed by atoms with Gasteiger partial charge in [0.15, 0.2) is 0 Å². The van der Waals surface area contributed by atoms with E-state index >= 15 is 0 Å². The van der Waals surface area contributed by atoms with E-state index in [1.807, 2.05) is 0 Å². The molecule has 0 aromatic heterocycles. The van der Waals surface area contributed by atoms with E-state index in [1.165, 1.54) is 12.1 Å². The van der Waals surface area contributed by atoms with Crippen molar-refractivity contribution < 1.29 is 9.50 Å². The molecule has 1 heterocycles. The Bertz CT molecular complexity index is 378. The van der Waals surface area contributed by atoms with Crippen molar-refractivity contribution in [3.63, 3.8) is 0 Å². The van der Waals surface area contributed by atoms with Crippen LogP contribution in [-0.2, 0) is 6.54 Å². The zero-order valence-corrected chi connectivity index (χ0v) is 10.5. The Morgan fingerprint density at radius 3 is 2.65 bits per heavy atom. The second-order valence-corrected chi connectivity index (χ2v) is 5.05. The molecule has 0 spiro atoms. The number of aliphatic hydroxyl groups is 1. The van der Waals surface area contributed by atoms with E-state index in [0.29, 0.717) is 10.9 Å². The molecule has 0 aliphatic carbocycles. The molecule has 1 saturated heterocycles. The van der Waals surface area contributed by atoms with Gasteiger partial charge in [0.05, 0.1) is 0 Å². The van der Waals surface area contributed by atoms with Gasteiger partial charge in [-0.3, -0.25) is 4.90 Å². The monoisotopic (exact) mass is 257 g/mol. The number of nitrogens with zero attached hydrogens (tertiary/aromatic N) is 1. The Morgan fingerprint density at radius 2 is 2.06 bits per heavy atom. The highest BCUT2D eigenvalue weighted by molar-refractivity contribution is 6.31. The first-order valence-corrected chi connectivity index (χ1v) is 6.34. The van der Waals surface area contributed by atoms with Gasteiger partial charge in [0, 0.05) is 18.2 Å². The van der Waals surface area contributed by atoms with E-state index in [9.17, 15) is 4.39 Å². The number of likely N-dealkylation sites (tertiary alicyclic amines) is 1. The summed E-state index contributed by atoms with van der Waals surface area (Å²) in [4.78, 5) is 2.30. The van der Waals surface area contributed by atoms with Gasteiger partial charge in [0.2, 0.25) is 0 Å². The van der Waals surface area contributed by atoms with Gasteiger partial charge >= 0.3 is 0 Å². The van der Waals surface area contributed by atoms with Crippen molar-refractivity contribution in [3.8, 4) is 0 Å². The van der Waals surface area contributed by atoms with Crippen LogP contribution in [0, 0.1) is 11.7 Å². The van der Waals surface area contributed by atoms with Crippen molar-refractivity contribution >= 4 is 11.6 Å². The zero-order chi connectivity index (χ0) is 12.3. The average molecular weight is 258 g/mol. The van der Waals surface area contributed by atoms with E-state index < -0.39 is 0 Å². The number of hydrogen-bond donors (Lipinski definition) is 1. The molecule has 0 atom stereocenters. The van der Waals surface area contributed by atoms with Crippen LogP contribution in [-0.4, -0.2) is 29.7 Å². The Balaban J connectivity index is 1.93. The normalized spacial score (nSPS) is 18.5. The fourth-order valence-electron chi connectivity index (χ4n) is 2.22.